The maximum absolute atomic E-state index is 13.5. The van der Waals surface area contributed by atoms with E-state index in [1.54, 1.807) is 0 Å². The molecule has 190 valence electrons. The van der Waals surface area contributed by atoms with Crippen LogP contribution in [0.1, 0.15) is 55.5 Å². The van der Waals surface area contributed by atoms with Crippen molar-refractivity contribution in [3.05, 3.63) is 40.8 Å². The van der Waals surface area contributed by atoms with Crippen molar-refractivity contribution < 1.29 is 41.9 Å². The van der Waals surface area contributed by atoms with Gasteiger partial charge in [-0.25, -0.2) is 9.97 Å². The maximum Gasteiger partial charge on any atom is 0.421 e. The summed E-state index contributed by atoms with van der Waals surface area (Å²) < 4.78 is 80.5. The molecule has 1 fully saturated rings. The predicted molar refractivity (Wildman–Crippen MR) is 110 cm³/mol. The summed E-state index contributed by atoms with van der Waals surface area (Å²) in [5.74, 6) is -0.696. The second-order valence-electron chi connectivity index (χ2n) is 8.99. The molecule has 0 aromatic carbocycles. The molecule has 1 saturated carbocycles. The molecule has 0 radical (unpaired) electrons. The van der Waals surface area contributed by atoms with Crippen LogP contribution in [-0.2, 0) is 18.9 Å². The molecule has 13 heteroatoms. The summed E-state index contributed by atoms with van der Waals surface area (Å²) >= 11 is 0. The summed E-state index contributed by atoms with van der Waals surface area (Å²) in [6.45, 7) is 4.80. The Balaban J connectivity index is 0.00000408. The van der Waals surface area contributed by atoms with E-state index in [0.29, 0.717) is 31.2 Å². The van der Waals surface area contributed by atoms with Gasteiger partial charge in [-0.1, -0.05) is 13.8 Å². The van der Waals surface area contributed by atoms with E-state index in [2.05, 4.69) is 25.6 Å². The van der Waals surface area contributed by atoms with Crippen LogP contribution >= 0.6 is 0 Å². The molecule has 0 aliphatic heterocycles. The Kier molecular flexibility index (Phi) is 8.03. The summed E-state index contributed by atoms with van der Waals surface area (Å²) in [6.07, 6.45) is -6.80. The lowest BCUT2D eigenvalue weighted by Crippen LogP contribution is -2.41. The van der Waals surface area contributed by atoms with Gasteiger partial charge in [-0.05, 0) is 24.7 Å². The number of nitrogens with one attached hydrogen (secondary N) is 3. The number of nitrogens with zero attached hydrogens (tertiary/aromatic N) is 2. The van der Waals surface area contributed by atoms with Gasteiger partial charge < -0.3 is 21.2 Å². The zero-order valence-electron chi connectivity index (χ0n) is 18.8. The van der Waals surface area contributed by atoms with Gasteiger partial charge in [-0.3, -0.25) is 0 Å². The van der Waals surface area contributed by atoms with Crippen LogP contribution in [0.15, 0.2) is 18.5 Å². The van der Waals surface area contributed by atoms with Gasteiger partial charge in [0, 0.05) is 37.3 Å². The molecule has 2 atom stereocenters. The van der Waals surface area contributed by atoms with Gasteiger partial charge in [0.25, 0.3) is 0 Å². The number of alkyl halides is 6. The first kappa shape index (κ1) is 27.6. The molecule has 0 spiro atoms. The molecule has 2 heterocycles. The number of aliphatic hydroxyl groups excluding tert-OH is 1. The van der Waals surface area contributed by atoms with Crippen molar-refractivity contribution >= 4 is 11.8 Å². The van der Waals surface area contributed by atoms with E-state index in [-0.39, 0.29) is 29.6 Å². The second kappa shape index (κ2) is 9.90. The highest BCUT2D eigenvalue weighted by molar-refractivity contribution is 5.49. The highest BCUT2D eigenvalue weighted by atomic mass is 19.4. The molecule has 2 aromatic heterocycles. The van der Waals surface area contributed by atoms with Crippen LogP contribution in [0.4, 0.5) is 38.1 Å². The third-order valence-electron chi connectivity index (χ3n) is 5.82. The second-order valence-corrected chi connectivity index (χ2v) is 8.99. The van der Waals surface area contributed by atoms with E-state index in [1.165, 1.54) is 13.1 Å². The topological polar surface area (TPSA) is 114 Å². The van der Waals surface area contributed by atoms with E-state index in [1.807, 2.05) is 13.8 Å². The molecular weight excluding hydrogens is 468 g/mol. The lowest BCUT2D eigenvalue weighted by Gasteiger charge is -2.40. The van der Waals surface area contributed by atoms with Gasteiger partial charge in [-0.15, -0.1) is 0 Å². The summed E-state index contributed by atoms with van der Waals surface area (Å²) in [7, 11) is 0. The fraction of sp³-hybridized carbons (Fsp3) is 0.571. The van der Waals surface area contributed by atoms with E-state index in [4.69, 9.17) is 0 Å². The van der Waals surface area contributed by atoms with Gasteiger partial charge >= 0.3 is 12.4 Å². The average molecular weight is 495 g/mol. The standard InChI is InChI=1S/C21H25F6N5O.H2O/c1-11-6-14(20(22,23)24)12(8-28-11)9-29-18-30-10-15(21(25,26)27)17(32-18)31-13-4-5-16(33)19(2,3)7-13;/h6,8,10,13,16,33H,4-5,7,9H2,1-3H3,(H2,29,30,31,32);1H2/t13-,16+;/m1./s1. The lowest BCUT2D eigenvalue weighted by atomic mass is 9.73. The Morgan fingerprint density at radius 3 is 2.35 bits per heavy atom. The van der Waals surface area contributed by atoms with E-state index >= 15 is 0 Å². The number of hydrogen-bond acceptors (Lipinski definition) is 6. The summed E-state index contributed by atoms with van der Waals surface area (Å²) in [5, 5.41) is 15.5. The number of aromatic nitrogens is 3. The first-order valence-electron chi connectivity index (χ1n) is 10.4. The number of aryl methyl sites for hydroxylation is 1. The third-order valence-corrected chi connectivity index (χ3v) is 5.82. The Morgan fingerprint density at radius 2 is 1.76 bits per heavy atom. The lowest BCUT2D eigenvalue weighted by molar-refractivity contribution is -0.389. The van der Waals surface area contributed by atoms with Crippen molar-refractivity contribution in [2.45, 2.75) is 71.1 Å². The van der Waals surface area contributed by atoms with Gasteiger partial charge in [0.2, 0.25) is 5.95 Å². The molecule has 2 aromatic rings. The zero-order valence-corrected chi connectivity index (χ0v) is 18.8. The van der Waals surface area contributed by atoms with Crippen LogP contribution in [-0.4, -0.2) is 32.7 Å². The first-order chi connectivity index (χ1) is 15.2. The maximum atomic E-state index is 13.5. The van der Waals surface area contributed by atoms with Crippen molar-refractivity contribution in [3.63, 3.8) is 0 Å². The third kappa shape index (κ3) is 6.47. The monoisotopic (exact) mass is 495 g/mol. The number of hydrogen-bond donors (Lipinski definition) is 3. The minimum Gasteiger partial charge on any atom is -0.870 e. The molecule has 1 aliphatic rings. The van der Waals surface area contributed by atoms with Crippen molar-refractivity contribution in [3.8, 4) is 0 Å². The molecule has 0 unspecified atom stereocenters. The Morgan fingerprint density at radius 1 is 1.12 bits per heavy atom. The SMILES string of the molecule is Cc1cc(C(F)(F)F)c(CNc2ncc(C(F)(F)F)c(N[C@@H]3CC[C@H](O)C(C)(C)C3)n2)c[nH+]1.[OH-]. The Labute approximate surface area is 192 Å². The first-order valence-corrected chi connectivity index (χ1v) is 10.4. The molecule has 7 nitrogen and oxygen atoms in total. The number of pyridine rings is 1. The molecule has 0 bridgehead atoms. The highest BCUT2D eigenvalue weighted by Gasteiger charge is 2.39. The number of halogens is 6. The minimum atomic E-state index is -4.72. The molecule has 0 saturated heterocycles. The van der Waals surface area contributed by atoms with E-state index in [0.717, 1.165) is 6.07 Å². The van der Waals surface area contributed by atoms with E-state index in [9.17, 15) is 31.4 Å². The normalized spacial score (nSPS) is 20.4. The zero-order chi connectivity index (χ0) is 24.6. The number of rotatable bonds is 5. The van der Waals surface area contributed by atoms with Crippen LogP contribution in [0.25, 0.3) is 0 Å². The quantitative estimate of drug-likeness (QED) is 0.529. The average Bonchev–Trinajstić information content (AvgIpc) is 2.68. The van der Waals surface area contributed by atoms with Crippen molar-refractivity contribution in [1.82, 2.24) is 9.97 Å². The smallest absolute Gasteiger partial charge is 0.421 e. The highest BCUT2D eigenvalue weighted by Crippen LogP contribution is 2.39. The minimum absolute atomic E-state index is 0. The van der Waals surface area contributed by atoms with Crippen molar-refractivity contribution in [1.29, 1.82) is 0 Å². The number of aromatic amines is 1. The molecule has 5 N–H and O–H groups in total. The molecule has 34 heavy (non-hydrogen) atoms. The Bertz CT molecular complexity index is 997. The molecular formula is C21H27F6N5O2. The van der Waals surface area contributed by atoms with Crippen LogP contribution in [0.3, 0.4) is 0 Å². The van der Waals surface area contributed by atoms with Crippen LogP contribution in [0.2, 0.25) is 0 Å². The van der Waals surface area contributed by atoms with Gasteiger partial charge in [0.05, 0.1) is 11.7 Å². The predicted octanol–water partition coefficient (Wildman–Crippen LogP) is 4.42. The Hall–Kier alpha value is -2.67. The van der Waals surface area contributed by atoms with Gasteiger partial charge in [0.15, 0.2) is 11.9 Å². The van der Waals surface area contributed by atoms with E-state index < -0.39 is 40.8 Å². The molecule has 1 aliphatic carbocycles. The van der Waals surface area contributed by atoms with Gasteiger partial charge in [0.1, 0.15) is 11.4 Å². The number of anilines is 2. The van der Waals surface area contributed by atoms with Crippen molar-refractivity contribution in [2.75, 3.05) is 10.6 Å². The summed E-state index contributed by atoms with van der Waals surface area (Å²) in [6, 6.07) is 0.590. The van der Waals surface area contributed by atoms with Crippen LogP contribution in [0.5, 0.6) is 0 Å². The molecule has 3 rings (SSSR count). The summed E-state index contributed by atoms with van der Waals surface area (Å²) in [4.78, 5) is 10.3. The van der Waals surface area contributed by atoms with Crippen LogP contribution in [0, 0.1) is 12.3 Å². The molecule has 0 amide bonds. The fourth-order valence-electron chi connectivity index (χ4n) is 3.94. The summed E-state index contributed by atoms with van der Waals surface area (Å²) in [5.41, 5.74) is -2.24. The van der Waals surface area contributed by atoms with Gasteiger partial charge in [-0.2, -0.15) is 31.3 Å². The largest absolute Gasteiger partial charge is 0.870 e. The fourth-order valence-corrected chi connectivity index (χ4v) is 3.94. The van der Waals surface area contributed by atoms with Crippen molar-refractivity contribution in [2.24, 2.45) is 5.41 Å². The number of H-pyrrole nitrogens is 1. The van der Waals surface area contributed by atoms with Crippen LogP contribution < -0.4 is 15.6 Å². The number of aliphatic hydroxyl groups is 1.